The third-order valence-electron chi connectivity index (χ3n) is 3.25. The maximum atomic E-state index is 5.73. The van der Waals surface area contributed by atoms with E-state index in [1.165, 1.54) is 24.9 Å². The molecule has 68 valence electrons. The van der Waals surface area contributed by atoms with Crippen LogP contribution in [0.5, 0.6) is 0 Å². The number of rotatable bonds is 1. The number of hydrogen-bond donors (Lipinski definition) is 1. The van der Waals surface area contributed by atoms with Crippen LogP contribution in [0.3, 0.4) is 0 Å². The Morgan fingerprint density at radius 2 is 2.31 bits per heavy atom. The highest BCUT2D eigenvalue weighted by atomic mass is 35.5. The minimum absolute atomic E-state index is 0.539. The number of nitrogens with one attached hydrogen (secondary N) is 1. The molecule has 1 saturated heterocycles. The van der Waals surface area contributed by atoms with E-state index in [1.807, 2.05) is 12.3 Å². The fourth-order valence-electron chi connectivity index (χ4n) is 2.15. The van der Waals surface area contributed by atoms with Crippen molar-refractivity contribution in [2.24, 2.45) is 5.41 Å². The molecule has 0 aromatic carbocycles. The molecule has 1 aromatic heterocycles. The van der Waals surface area contributed by atoms with E-state index in [9.17, 15) is 0 Å². The van der Waals surface area contributed by atoms with Crippen LogP contribution in [0.15, 0.2) is 18.3 Å². The van der Waals surface area contributed by atoms with E-state index in [0.717, 1.165) is 0 Å². The molecule has 1 atom stereocenters. The summed E-state index contributed by atoms with van der Waals surface area (Å²) in [6.07, 6.45) is 4.62. The zero-order valence-corrected chi connectivity index (χ0v) is 8.01. The van der Waals surface area contributed by atoms with Gasteiger partial charge in [-0.1, -0.05) is 17.7 Å². The van der Waals surface area contributed by atoms with Crippen LogP contribution in [-0.4, -0.2) is 11.5 Å². The predicted octanol–water partition coefficient (Wildman–Crippen LogP) is 2.16. The number of halogens is 1. The molecular weight excluding hydrogens is 184 g/mol. The first kappa shape index (κ1) is 7.77. The second-order valence-corrected chi connectivity index (χ2v) is 4.48. The lowest BCUT2D eigenvalue weighted by molar-refractivity contribution is 0.209. The highest BCUT2D eigenvalue weighted by molar-refractivity contribution is 6.29. The van der Waals surface area contributed by atoms with Gasteiger partial charge in [-0.15, -0.1) is 0 Å². The molecule has 2 heterocycles. The van der Waals surface area contributed by atoms with Crippen LogP contribution in [0.4, 0.5) is 0 Å². The summed E-state index contributed by atoms with van der Waals surface area (Å²) >= 11 is 5.73. The third kappa shape index (κ3) is 1.09. The Morgan fingerprint density at radius 1 is 1.46 bits per heavy atom. The number of pyridine rings is 1. The molecule has 1 aromatic rings. The lowest BCUT2D eigenvalue weighted by Crippen LogP contribution is -2.47. The van der Waals surface area contributed by atoms with Crippen molar-refractivity contribution in [3.8, 4) is 0 Å². The Morgan fingerprint density at radius 3 is 2.77 bits per heavy atom. The quantitative estimate of drug-likeness (QED) is 0.694. The Balaban J connectivity index is 1.88. The van der Waals surface area contributed by atoms with E-state index < -0.39 is 0 Å². The van der Waals surface area contributed by atoms with E-state index in [2.05, 4.69) is 16.4 Å². The first-order valence-corrected chi connectivity index (χ1v) is 5.03. The molecule has 2 aliphatic rings. The van der Waals surface area contributed by atoms with E-state index in [0.29, 0.717) is 16.6 Å². The Labute approximate surface area is 82.3 Å². The van der Waals surface area contributed by atoms with Crippen LogP contribution >= 0.6 is 11.6 Å². The highest BCUT2D eigenvalue weighted by Gasteiger charge is 2.56. The molecule has 1 N–H and O–H groups in total. The van der Waals surface area contributed by atoms with Crippen LogP contribution in [0.2, 0.25) is 5.15 Å². The van der Waals surface area contributed by atoms with Crippen molar-refractivity contribution >= 4 is 11.6 Å². The van der Waals surface area contributed by atoms with Gasteiger partial charge in [0.25, 0.3) is 0 Å². The van der Waals surface area contributed by atoms with Gasteiger partial charge in [-0.25, -0.2) is 4.98 Å². The molecule has 2 fully saturated rings. The van der Waals surface area contributed by atoms with Crippen molar-refractivity contribution in [1.82, 2.24) is 10.3 Å². The summed E-state index contributed by atoms with van der Waals surface area (Å²) < 4.78 is 0. The van der Waals surface area contributed by atoms with Crippen LogP contribution in [0.1, 0.15) is 24.4 Å². The smallest absolute Gasteiger partial charge is 0.129 e. The second-order valence-electron chi connectivity index (χ2n) is 4.09. The number of nitrogens with zero attached hydrogens (tertiary/aromatic N) is 1. The molecule has 3 rings (SSSR count). The molecule has 1 aliphatic carbocycles. The molecule has 0 amide bonds. The Bertz CT molecular complexity index is 329. The van der Waals surface area contributed by atoms with Crippen molar-refractivity contribution in [3.63, 3.8) is 0 Å². The Kier molecular flexibility index (Phi) is 1.47. The molecule has 3 heteroatoms. The minimum atomic E-state index is 0.539. The summed E-state index contributed by atoms with van der Waals surface area (Å²) in [5.74, 6) is 0. The van der Waals surface area contributed by atoms with Crippen molar-refractivity contribution < 1.29 is 0 Å². The van der Waals surface area contributed by atoms with Gasteiger partial charge >= 0.3 is 0 Å². The molecule has 0 bridgehead atoms. The van der Waals surface area contributed by atoms with Gasteiger partial charge in [0.15, 0.2) is 0 Å². The van der Waals surface area contributed by atoms with Gasteiger partial charge in [-0.2, -0.15) is 0 Å². The van der Waals surface area contributed by atoms with Crippen molar-refractivity contribution in [1.29, 1.82) is 0 Å². The van der Waals surface area contributed by atoms with Gasteiger partial charge in [0.1, 0.15) is 5.15 Å². The molecule has 1 saturated carbocycles. The molecule has 2 nitrogen and oxygen atoms in total. The second kappa shape index (κ2) is 2.46. The van der Waals surface area contributed by atoms with E-state index in [-0.39, 0.29) is 0 Å². The van der Waals surface area contributed by atoms with Gasteiger partial charge in [0.2, 0.25) is 0 Å². The lowest BCUT2D eigenvalue weighted by atomic mass is 9.84. The average molecular weight is 195 g/mol. The van der Waals surface area contributed by atoms with E-state index in [1.54, 1.807) is 0 Å². The fourth-order valence-corrected chi connectivity index (χ4v) is 2.26. The maximum Gasteiger partial charge on any atom is 0.129 e. The summed E-state index contributed by atoms with van der Waals surface area (Å²) in [6.45, 7) is 1.18. The highest BCUT2D eigenvalue weighted by Crippen LogP contribution is 2.59. The van der Waals surface area contributed by atoms with E-state index in [4.69, 9.17) is 11.6 Å². The van der Waals surface area contributed by atoms with Gasteiger partial charge < -0.3 is 5.32 Å². The molecule has 1 aliphatic heterocycles. The topological polar surface area (TPSA) is 24.9 Å². The van der Waals surface area contributed by atoms with Gasteiger partial charge in [0, 0.05) is 24.2 Å². The van der Waals surface area contributed by atoms with Crippen molar-refractivity contribution in [2.75, 3.05) is 6.54 Å². The van der Waals surface area contributed by atoms with Crippen LogP contribution in [0.25, 0.3) is 0 Å². The zero-order valence-electron chi connectivity index (χ0n) is 7.26. The summed E-state index contributed by atoms with van der Waals surface area (Å²) in [7, 11) is 0. The molecule has 13 heavy (non-hydrogen) atoms. The van der Waals surface area contributed by atoms with Gasteiger partial charge in [0.05, 0.1) is 0 Å². The van der Waals surface area contributed by atoms with Crippen molar-refractivity contribution in [3.05, 3.63) is 29.0 Å². The third-order valence-corrected chi connectivity index (χ3v) is 3.47. The maximum absolute atomic E-state index is 5.73. The Hall–Kier alpha value is -0.600. The molecule has 0 radical (unpaired) electrons. The summed E-state index contributed by atoms with van der Waals surface area (Å²) in [5.41, 5.74) is 1.88. The van der Waals surface area contributed by atoms with Crippen LogP contribution in [-0.2, 0) is 0 Å². The standard InChI is InChI=1S/C10H11ClN2/c11-8-2-1-7(5-12-8)9-10(3-4-10)6-13-9/h1-2,5,9,13H,3-4,6H2. The SMILES string of the molecule is Clc1ccc(C2NCC23CC3)cn1. The van der Waals surface area contributed by atoms with E-state index >= 15 is 0 Å². The zero-order chi connectivity index (χ0) is 8.89. The summed E-state index contributed by atoms with van der Waals surface area (Å²) in [5, 5.41) is 4.03. The van der Waals surface area contributed by atoms with Crippen LogP contribution in [0, 0.1) is 5.41 Å². The molecular formula is C10H11ClN2. The van der Waals surface area contributed by atoms with Crippen LogP contribution < -0.4 is 5.32 Å². The lowest BCUT2D eigenvalue weighted by Gasteiger charge is -2.39. The summed E-state index contributed by atoms with van der Waals surface area (Å²) in [4.78, 5) is 4.10. The number of hydrogen-bond acceptors (Lipinski definition) is 2. The molecule has 1 spiro atoms. The largest absolute Gasteiger partial charge is 0.309 e. The number of aromatic nitrogens is 1. The average Bonchev–Trinajstić information content (AvgIpc) is 2.88. The summed E-state index contributed by atoms with van der Waals surface area (Å²) in [6, 6.07) is 4.48. The molecule has 1 unspecified atom stereocenters. The first-order valence-electron chi connectivity index (χ1n) is 4.65. The van der Waals surface area contributed by atoms with Crippen molar-refractivity contribution in [2.45, 2.75) is 18.9 Å². The normalized spacial score (nSPS) is 28.5. The monoisotopic (exact) mass is 194 g/mol. The fraction of sp³-hybridized carbons (Fsp3) is 0.500. The van der Waals surface area contributed by atoms with Gasteiger partial charge in [-0.3, -0.25) is 0 Å². The first-order chi connectivity index (χ1) is 6.30. The van der Waals surface area contributed by atoms with Gasteiger partial charge in [-0.05, 0) is 24.5 Å². The minimum Gasteiger partial charge on any atom is -0.309 e. The predicted molar refractivity (Wildman–Crippen MR) is 51.7 cm³/mol.